The summed E-state index contributed by atoms with van der Waals surface area (Å²) in [5, 5.41) is 20.9. The highest BCUT2D eigenvalue weighted by atomic mass is 19.1. The fourth-order valence-electron chi connectivity index (χ4n) is 2.75. The lowest BCUT2D eigenvalue weighted by Gasteiger charge is -2.31. The fraction of sp³-hybridized carbons (Fsp3) is 0.227. The number of carboxylic acid groups (broad SMARTS) is 1. The number of phenolic OH excluding ortho intramolecular Hbond substituents is 1. The van der Waals surface area contributed by atoms with Crippen LogP contribution in [0.1, 0.15) is 42.8 Å². The van der Waals surface area contributed by atoms with Crippen LogP contribution in [0, 0.1) is 11.2 Å². The molecule has 2 aromatic carbocycles. The highest BCUT2D eigenvalue weighted by molar-refractivity contribution is 5.95. The summed E-state index contributed by atoms with van der Waals surface area (Å²) in [5.41, 5.74) is 0.0516. The van der Waals surface area contributed by atoms with Gasteiger partial charge in [-0.1, -0.05) is 26.0 Å². The number of carbonyl (C=O) groups is 3. The minimum absolute atomic E-state index is 0.120. The van der Waals surface area contributed by atoms with Crippen LogP contribution in [0.25, 0.3) is 0 Å². The van der Waals surface area contributed by atoms with Gasteiger partial charge in [-0.25, -0.2) is 14.0 Å². The molecule has 30 heavy (non-hydrogen) atoms. The lowest BCUT2D eigenvalue weighted by Crippen LogP contribution is -2.28. The van der Waals surface area contributed by atoms with E-state index in [2.05, 4.69) is 5.32 Å². The van der Waals surface area contributed by atoms with Gasteiger partial charge in [0.15, 0.2) is 17.3 Å². The lowest BCUT2D eigenvalue weighted by atomic mass is 9.82. The Balaban J connectivity index is 2.29. The van der Waals surface area contributed by atoms with Crippen LogP contribution < -0.4 is 5.32 Å². The first-order valence-electron chi connectivity index (χ1n) is 8.99. The van der Waals surface area contributed by atoms with E-state index >= 15 is 0 Å². The number of carboxylic acids is 1. The fourth-order valence-corrected chi connectivity index (χ4v) is 2.75. The standard InChI is InChI=1S/C22H22FNO6/c1-13(25)14-4-7-16(8-5-14)24-21(29)30-20(22(2,3)11-10-19(27)28)15-6-9-18(26)17(23)12-15/h4-12,20,26H,1-3H3,(H,24,29)(H,27,28)/b11-10+/t20-/m1/s1. The Bertz CT molecular complexity index is 982. The molecule has 0 heterocycles. The monoisotopic (exact) mass is 415 g/mol. The molecule has 3 N–H and O–H groups in total. The van der Waals surface area contributed by atoms with Gasteiger partial charge in [0.05, 0.1) is 0 Å². The topological polar surface area (TPSA) is 113 Å². The predicted octanol–water partition coefficient (Wildman–Crippen LogP) is 4.69. The van der Waals surface area contributed by atoms with Crippen LogP contribution in [0.15, 0.2) is 54.6 Å². The van der Waals surface area contributed by atoms with Gasteiger partial charge in [-0.05, 0) is 48.9 Å². The zero-order valence-electron chi connectivity index (χ0n) is 16.7. The number of carbonyl (C=O) groups excluding carboxylic acids is 2. The van der Waals surface area contributed by atoms with Crippen molar-refractivity contribution in [3.63, 3.8) is 0 Å². The van der Waals surface area contributed by atoms with Gasteiger partial charge < -0.3 is 14.9 Å². The number of hydrogen-bond acceptors (Lipinski definition) is 5. The van der Waals surface area contributed by atoms with E-state index in [0.29, 0.717) is 11.3 Å². The molecule has 0 aliphatic rings. The Labute approximate surface area is 172 Å². The third-order valence-electron chi connectivity index (χ3n) is 4.37. The smallest absolute Gasteiger partial charge is 0.412 e. The molecule has 0 spiro atoms. The zero-order chi connectivity index (χ0) is 22.5. The SMILES string of the molecule is CC(=O)c1ccc(NC(=O)O[C@H](c2ccc(O)c(F)c2)C(C)(C)/C=C/C(=O)O)cc1. The molecule has 0 unspecified atom stereocenters. The predicted molar refractivity (Wildman–Crippen MR) is 108 cm³/mol. The Morgan fingerprint density at radius 2 is 1.77 bits per heavy atom. The first-order chi connectivity index (χ1) is 14.0. The summed E-state index contributed by atoms with van der Waals surface area (Å²) >= 11 is 0. The van der Waals surface area contributed by atoms with Gasteiger partial charge in [0.2, 0.25) is 0 Å². The first-order valence-corrected chi connectivity index (χ1v) is 8.99. The number of amides is 1. The number of phenols is 1. The number of anilines is 1. The van der Waals surface area contributed by atoms with E-state index in [1.54, 1.807) is 26.0 Å². The number of ether oxygens (including phenoxy) is 1. The average molecular weight is 415 g/mol. The van der Waals surface area contributed by atoms with E-state index in [1.165, 1.54) is 31.2 Å². The molecule has 8 heteroatoms. The van der Waals surface area contributed by atoms with E-state index < -0.39 is 35.1 Å². The van der Waals surface area contributed by atoms with Crippen molar-refractivity contribution in [2.45, 2.75) is 26.9 Å². The number of rotatable bonds is 7. The molecule has 1 amide bonds. The number of nitrogens with one attached hydrogen (secondary N) is 1. The van der Waals surface area contributed by atoms with Gasteiger partial charge in [0, 0.05) is 22.7 Å². The van der Waals surface area contributed by atoms with E-state index in [0.717, 1.165) is 18.2 Å². The Morgan fingerprint density at radius 3 is 2.30 bits per heavy atom. The number of halogens is 1. The maximum atomic E-state index is 13.9. The second-order valence-corrected chi connectivity index (χ2v) is 7.25. The molecule has 0 radical (unpaired) electrons. The maximum absolute atomic E-state index is 13.9. The van der Waals surface area contributed by atoms with Crippen molar-refractivity contribution in [1.82, 2.24) is 0 Å². The van der Waals surface area contributed by atoms with Crippen LogP contribution in [0.3, 0.4) is 0 Å². The maximum Gasteiger partial charge on any atom is 0.412 e. The van der Waals surface area contributed by atoms with Crippen molar-refractivity contribution in [1.29, 1.82) is 0 Å². The lowest BCUT2D eigenvalue weighted by molar-refractivity contribution is -0.131. The van der Waals surface area contributed by atoms with Crippen molar-refractivity contribution in [3.8, 4) is 5.75 Å². The molecule has 158 valence electrons. The third-order valence-corrected chi connectivity index (χ3v) is 4.37. The van der Waals surface area contributed by atoms with E-state index in [4.69, 9.17) is 9.84 Å². The highest BCUT2D eigenvalue weighted by Gasteiger charge is 2.33. The summed E-state index contributed by atoms with van der Waals surface area (Å²) in [4.78, 5) is 34.7. The van der Waals surface area contributed by atoms with Crippen molar-refractivity contribution >= 4 is 23.5 Å². The molecule has 0 fully saturated rings. The minimum atomic E-state index is -1.19. The second-order valence-electron chi connectivity index (χ2n) is 7.25. The Morgan fingerprint density at radius 1 is 1.13 bits per heavy atom. The second kappa shape index (κ2) is 9.21. The summed E-state index contributed by atoms with van der Waals surface area (Å²) < 4.78 is 19.4. The van der Waals surface area contributed by atoms with Gasteiger partial charge in [0.1, 0.15) is 6.10 Å². The van der Waals surface area contributed by atoms with Crippen molar-refractivity contribution in [2.75, 3.05) is 5.32 Å². The number of aromatic hydroxyl groups is 1. The van der Waals surface area contributed by atoms with Crippen LogP contribution in [-0.4, -0.2) is 28.1 Å². The van der Waals surface area contributed by atoms with Gasteiger partial charge in [-0.3, -0.25) is 10.1 Å². The van der Waals surface area contributed by atoms with Gasteiger partial charge in [0.25, 0.3) is 0 Å². The minimum Gasteiger partial charge on any atom is -0.505 e. The molecule has 0 saturated heterocycles. The molecule has 2 rings (SSSR count). The molecule has 0 aromatic heterocycles. The van der Waals surface area contributed by atoms with Crippen LogP contribution in [-0.2, 0) is 9.53 Å². The van der Waals surface area contributed by atoms with Crippen LogP contribution in [0.2, 0.25) is 0 Å². The normalized spacial score (nSPS) is 12.4. The molecule has 7 nitrogen and oxygen atoms in total. The van der Waals surface area contributed by atoms with Crippen molar-refractivity contribution in [2.24, 2.45) is 5.41 Å². The summed E-state index contributed by atoms with van der Waals surface area (Å²) in [7, 11) is 0. The molecule has 1 atom stereocenters. The quantitative estimate of drug-likeness (QED) is 0.447. The molecule has 0 saturated carbocycles. The highest BCUT2D eigenvalue weighted by Crippen LogP contribution is 2.39. The Hall–Kier alpha value is -3.68. The number of aliphatic carboxylic acids is 1. The largest absolute Gasteiger partial charge is 0.505 e. The number of hydrogen-bond donors (Lipinski definition) is 3. The molecule has 2 aromatic rings. The zero-order valence-corrected chi connectivity index (χ0v) is 16.7. The van der Waals surface area contributed by atoms with Gasteiger partial charge >= 0.3 is 12.1 Å². The van der Waals surface area contributed by atoms with Crippen LogP contribution in [0.5, 0.6) is 5.75 Å². The van der Waals surface area contributed by atoms with E-state index in [1.807, 2.05) is 0 Å². The molecule has 0 bridgehead atoms. The summed E-state index contributed by atoms with van der Waals surface area (Å²) in [6.07, 6.45) is 0.311. The molecular weight excluding hydrogens is 393 g/mol. The first kappa shape index (κ1) is 22.6. The van der Waals surface area contributed by atoms with Gasteiger partial charge in [-0.2, -0.15) is 0 Å². The molecule has 0 aliphatic carbocycles. The van der Waals surface area contributed by atoms with Crippen molar-refractivity contribution in [3.05, 3.63) is 71.6 Å². The van der Waals surface area contributed by atoms with Gasteiger partial charge in [-0.15, -0.1) is 0 Å². The van der Waals surface area contributed by atoms with E-state index in [9.17, 15) is 23.9 Å². The summed E-state index contributed by atoms with van der Waals surface area (Å²) in [5.74, 6) is -2.77. The van der Waals surface area contributed by atoms with E-state index in [-0.39, 0.29) is 11.3 Å². The number of Topliss-reactive ketones (excluding diaryl/α,β-unsaturated/α-hetero) is 1. The Kier molecular flexibility index (Phi) is 6.94. The molecular formula is C22H22FNO6. The molecule has 0 aliphatic heterocycles. The van der Waals surface area contributed by atoms with Crippen molar-refractivity contribution < 1.29 is 33.7 Å². The van der Waals surface area contributed by atoms with Crippen LogP contribution >= 0.6 is 0 Å². The number of benzene rings is 2. The van der Waals surface area contributed by atoms with Crippen LogP contribution in [0.4, 0.5) is 14.9 Å². The third kappa shape index (κ3) is 5.91. The summed E-state index contributed by atoms with van der Waals surface area (Å²) in [6.45, 7) is 4.67. The average Bonchev–Trinajstić information content (AvgIpc) is 2.67. The number of ketones is 1. The summed E-state index contributed by atoms with van der Waals surface area (Å²) in [6, 6.07) is 9.68.